The van der Waals surface area contributed by atoms with E-state index in [4.69, 9.17) is 0 Å². The monoisotopic (exact) mass is 247 g/mol. The number of aromatic nitrogens is 1. The van der Waals surface area contributed by atoms with Gasteiger partial charge in [-0.1, -0.05) is 0 Å². The number of ketones is 1. The highest BCUT2D eigenvalue weighted by Crippen LogP contribution is 2.32. The summed E-state index contributed by atoms with van der Waals surface area (Å²) in [4.78, 5) is 17.0. The third kappa shape index (κ3) is 1.89. The topological polar surface area (TPSA) is 30.0 Å². The minimum absolute atomic E-state index is 0.192. The first-order valence-corrected chi connectivity index (χ1v) is 6.34. The Morgan fingerprint density at radius 3 is 2.65 bits per heavy atom. The Kier molecular flexibility index (Phi) is 2.52. The number of carbonyl (C=O) groups is 1. The van der Waals surface area contributed by atoms with Crippen LogP contribution in [0.25, 0.3) is 10.6 Å². The molecule has 0 unspecified atom stereocenters. The summed E-state index contributed by atoms with van der Waals surface area (Å²) in [6.07, 6.45) is 2.38. The first-order valence-electron chi connectivity index (χ1n) is 5.53. The molecule has 1 heterocycles. The Balaban J connectivity index is 2.05. The molecule has 1 aromatic carbocycles. The summed E-state index contributed by atoms with van der Waals surface area (Å²) in [7, 11) is 0. The summed E-state index contributed by atoms with van der Waals surface area (Å²) < 4.78 is 12.8. The van der Waals surface area contributed by atoms with Crippen molar-refractivity contribution in [3.63, 3.8) is 0 Å². The third-order valence-corrected chi connectivity index (χ3v) is 4.05. The molecule has 2 nitrogen and oxygen atoms in total. The Morgan fingerprint density at radius 1 is 1.18 bits per heavy atom. The number of rotatable bonds is 1. The van der Waals surface area contributed by atoms with Gasteiger partial charge in [-0.3, -0.25) is 4.79 Å². The molecule has 0 bridgehead atoms. The number of aryl methyl sites for hydroxylation is 1. The minimum Gasteiger partial charge on any atom is -0.293 e. The first kappa shape index (κ1) is 10.6. The molecule has 0 N–H and O–H groups in total. The number of carbonyl (C=O) groups excluding carboxylic acids is 1. The van der Waals surface area contributed by atoms with Gasteiger partial charge in [0.15, 0.2) is 5.78 Å². The third-order valence-electron chi connectivity index (χ3n) is 2.86. The lowest BCUT2D eigenvalue weighted by molar-refractivity contribution is 0.0976. The van der Waals surface area contributed by atoms with Crippen LogP contribution in [0.3, 0.4) is 0 Å². The zero-order valence-electron chi connectivity index (χ0n) is 9.07. The lowest BCUT2D eigenvalue weighted by Crippen LogP contribution is -2.07. The summed E-state index contributed by atoms with van der Waals surface area (Å²) in [6.45, 7) is 0. The fourth-order valence-electron chi connectivity index (χ4n) is 1.98. The van der Waals surface area contributed by atoms with E-state index in [1.54, 1.807) is 12.1 Å². The van der Waals surface area contributed by atoms with Crippen LogP contribution in [0.15, 0.2) is 24.3 Å². The molecule has 0 radical (unpaired) electrons. The van der Waals surface area contributed by atoms with E-state index in [0.717, 1.165) is 34.0 Å². The maximum Gasteiger partial charge on any atom is 0.174 e. The molecule has 3 rings (SSSR count). The molecular weight excluding hydrogens is 237 g/mol. The van der Waals surface area contributed by atoms with Crippen molar-refractivity contribution in [1.82, 2.24) is 4.98 Å². The molecule has 1 aliphatic carbocycles. The molecule has 0 fully saturated rings. The van der Waals surface area contributed by atoms with Crippen LogP contribution in [-0.2, 0) is 6.42 Å². The van der Waals surface area contributed by atoms with Crippen LogP contribution in [0.4, 0.5) is 4.39 Å². The molecule has 0 amide bonds. The average Bonchev–Trinajstić information content (AvgIpc) is 2.75. The van der Waals surface area contributed by atoms with Gasteiger partial charge in [0, 0.05) is 12.0 Å². The molecule has 0 saturated heterocycles. The highest BCUT2D eigenvalue weighted by Gasteiger charge is 2.22. The zero-order valence-corrected chi connectivity index (χ0v) is 9.89. The molecule has 0 spiro atoms. The average molecular weight is 247 g/mol. The second-order valence-electron chi connectivity index (χ2n) is 4.08. The van der Waals surface area contributed by atoms with Crippen LogP contribution in [0, 0.1) is 5.82 Å². The van der Waals surface area contributed by atoms with E-state index in [1.165, 1.54) is 23.5 Å². The van der Waals surface area contributed by atoms with Gasteiger partial charge in [-0.25, -0.2) is 9.37 Å². The van der Waals surface area contributed by atoms with Gasteiger partial charge in [-0.05, 0) is 37.1 Å². The van der Waals surface area contributed by atoms with Crippen molar-refractivity contribution < 1.29 is 9.18 Å². The van der Waals surface area contributed by atoms with E-state index in [9.17, 15) is 9.18 Å². The van der Waals surface area contributed by atoms with E-state index in [1.807, 2.05) is 0 Å². The molecule has 0 atom stereocenters. The van der Waals surface area contributed by atoms with Gasteiger partial charge in [0.2, 0.25) is 0 Å². The Bertz CT molecular complexity index is 574. The molecule has 0 saturated carbocycles. The summed E-state index contributed by atoms with van der Waals surface area (Å²) in [5.41, 5.74) is 1.78. The predicted octanol–water partition coefficient (Wildman–Crippen LogP) is 3.47. The molecule has 0 aliphatic heterocycles. The summed E-state index contributed by atoms with van der Waals surface area (Å²) in [5.74, 6) is -0.0664. The number of thiazole rings is 1. The fourth-order valence-corrected chi connectivity index (χ4v) is 3.07. The summed E-state index contributed by atoms with van der Waals surface area (Å²) in [6, 6.07) is 6.23. The number of fused-ring (bicyclic) bond motifs is 1. The Morgan fingerprint density at radius 2 is 1.94 bits per heavy atom. The van der Waals surface area contributed by atoms with Gasteiger partial charge in [0.05, 0.1) is 10.6 Å². The summed E-state index contributed by atoms with van der Waals surface area (Å²) >= 11 is 1.42. The Hall–Kier alpha value is -1.55. The number of hydrogen-bond donors (Lipinski definition) is 0. The molecule has 17 heavy (non-hydrogen) atoms. The van der Waals surface area contributed by atoms with Gasteiger partial charge in [-0.2, -0.15) is 0 Å². The van der Waals surface area contributed by atoms with Gasteiger partial charge in [-0.15, -0.1) is 11.3 Å². The van der Waals surface area contributed by atoms with Crippen molar-refractivity contribution in [3.05, 3.63) is 40.7 Å². The normalized spacial score (nSPS) is 14.8. The van der Waals surface area contributed by atoms with E-state index < -0.39 is 0 Å². The summed E-state index contributed by atoms with van der Waals surface area (Å²) in [5, 5.41) is 0.810. The second-order valence-corrected chi connectivity index (χ2v) is 5.08. The number of halogens is 1. The van der Waals surface area contributed by atoms with Gasteiger partial charge in [0.25, 0.3) is 0 Å². The van der Waals surface area contributed by atoms with Crippen LogP contribution in [-0.4, -0.2) is 10.8 Å². The number of benzene rings is 1. The molecule has 1 aromatic heterocycles. The standard InChI is InChI=1S/C13H10FNOS/c14-9-6-4-8(5-7-9)13-15-10-2-1-3-11(16)12(10)17-13/h4-7H,1-3H2. The SMILES string of the molecule is O=C1CCCc2nc(-c3ccc(F)cc3)sc21. The smallest absolute Gasteiger partial charge is 0.174 e. The molecule has 1 aliphatic rings. The zero-order chi connectivity index (χ0) is 11.8. The largest absolute Gasteiger partial charge is 0.293 e. The lowest BCUT2D eigenvalue weighted by atomic mass is 10.0. The quantitative estimate of drug-likeness (QED) is 0.772. The maximum atomic E-state index is 12.8. The molecule has 4 heteroatoms. The number of hydrogen-bond acceptors (Lipinski definition) is 3. The van der Waals surface area contributed by atoms with E-state index in [2.05, 4.69) is 4.98 Å². The molecule has 86 valence electrons. The lowest BCUT2D eigenvalue weighted by Gasteiger charge is -2.06. The van der Waals surface area contributed by atoms with Gasteiger partial charge < -0.3 is 0 Å². The second kappa shape index (κ2) is 4.04. The van der Waals surface area contributed by atoms with Crippen LogP contribution in [0.5, 0.6) is 0 Å². The number of Topliss-reactive ketones (excluding diaryl/α,β-unsaturated/α-hetero) is 1. The maximum absolute atomic E-state index is 12.8. The molecule has 2 aromatic rings. The van der Waals surface area contributed by atoms with Crippen LogP contribution < -0.4 is 0 Å². The van der Waals surface area contributed by atoms with Gasteiger partial charge in [0.1, 0.15) is 10.8 Å². The van der Waals surface area contributed by atoms with E-state index in [-0.39, 0.29) is 11.6 Å². The van der Waals surface area contributed by atoms with E-state index >= 15 is 0 Å². The first-order chi connectivity index (χ1) is 8.24. The van der Waals surface area contributed by atoms with Crippen molar-refractivity contribution in [2.24, 2.45) is 0 Å². The van der Waals surface area contributed by atoms with E-state index in [0.29, 0.717) is 6.42 Å². The Labute approximate surface area is 102 Å². The van der Waals surface area contributed by atoms with Crippen molar-refractivity contribution in [1.29, 1.82) is 0 Å². The van der Waals surface area contributed by atoms with Crippen molar-refractivity contribution in [2.75, 3.05) is 0 Å². The minimum atomic E-state index is -0.258. The van der Waals surface area contributed by atoms with Crippen molar-refractivity contribution in [3.8, 4) is 10.6 Å². The molecular formula is C13H10FNOS. The predicted molar refractivity (Wildman–Crippen MR) is 64.8 cm³/mol. The van der Waals surface area contributed by atoms with Crippen LogP contribution >= 0.6 is 11.3 Å². The van der Waals surface area contributed by atoms with Crippen molar-refractivity contribution in [2.45, 2.75) is 19.3 Å². The van der Waals surface area contributed by atoms with Crippen LogP contribution in [0.1, 0.15) is 28.2 Å². The fraction of sp³-hybridized carbons (Fsp3) is 0.231. The van der Waals surface area contributed by atoms with Crippen molar-refractivity contribution >= 4 is 17.1 Å². The van der Waals surface area contributed by atoms with Gasteiger partial charge >= 0.3 is 0 Å². The number of nitrogens with zero attached hydrogens (tertiary/aromatic N) is 1. The van der Waals surface area contributed by atoms with Crippen LogP contribution in [0.2, 0.25) is 0 Å². The highest BCUT2D eigenvalue weighted by molar-refractivity contribution is 7.17. The highest BCUT2D eigenvalue weighted by atomic mass is 32.1.